The molecule has 1 aromatic carbocycles. The van der Waals surface area contributed by atoms with E-state index in [0.29, 0.717) is 11.4 Å². The largest absolute Gasteiger partial charge is 0.459 e. The molecule has 0 unspecified atom stereocenters. The van der Waals surface area contributed by atoms with Crippen molar-refractivity contribution in [3.05, 3.63) is 47.8 Å². The van der Waals surface area contributed by atoms with Crippen LogP contribution in [0, 0.1) is 16.7 Å². The normalized spacial score (nSPS) is 19.5. The highest BCUT2D eigenvalue weighted by molar-refractivity contribution is 5.90. The van der Waals surface area contributed by atoms with Gasteiger partial charge in [0.15, 0.2) is 5.82 Å². The number of unbranched alkanes of at least 4 members (excludes halogenated alkanes) is 7. The number of carbonyl (C=O) groups excluding carboxylic acids is 1. The minimum absolute atomic E-state index is 0.105. The molecule has 0 saturated heterocycles. The van der Waals surface area contributed by atoms with Crippen LogP contribution in [0.15, 0.2) is 36.7 Å². The zero-order chi connectivity index (χ0) is 25.6. The summed E-state index contributed by atoms with van der Waals surface area (Å²) in [7, 11) is 0. The van der Waals surface area contributed by atoms with Gasteiger partial charge in [0.25, 0.3) is 0 Å². The Labute approximate surface area is 217 Å². The molecule has 0 atom stereocenters. The molecule has 36 heavy (non-hydrogen) atoms. The number of esters is 1. The third-order valence-corrected chi connectivity index (χ3v) is 7.56. The summed E-state index contributed by atoms with van der Waals surface area (Å²) in [6, 6.07) is 9.95. The van der Waals surface area contributed by atoms with E-state index in [1.807, 2.05) is 24.5 Å². The summed E-state index contributed by atoms with van der Waals surface area (Å²) in [4.78, 5) is 21.8. The Morgan fingerprint density at radius 3 is 2.17 bits per heavy atom. The van der Waals surface area contributed by atoms with Gasteiger partial charge >= 0.3 is 5.97 Å². The summed E-state index contributed by atoms with van der Waals surface area (Å²) >= 11 is 0. The van der Waals surface area contributed by atoms with Crippen molar-refractivity contribution < 1.29 is 9.53 Å². The molecule has 0 N–H and O–H groups in total. The van der Waals surface area contributed by atoms with Crippen LogP contribution < -0.4 is 0 Å². The molecule has 0 spiro atoms. The molecule has 1 saturated carbocycles. The second kappa shape index (κ2) is 14.7. The minimum atomic E-state index is -0.293. The van der Waals surface area contributed by atoms with E-state index in [1.54, 1.807) is 12.1 Å². The molecule has 0 aliphatic heterocycles. The number of hydrogen-bond acceptors (Lipinski definition) is 5. The fourth-order valence-corrected chi connectivity index (χ4v) is 5.11. The molecule has 5 heteroatoms. The molecule has 0 amide bonds. The fraction of sp³-hybridized carbons (Fsp3) is 0.613. The van der Waals surface area contributed by atoms with Crippen molar-refractivity contribution in [3.63, 3.8) is 0 Å². The van der Waals surface area contributed by atoms with E-state index in [1.165, 1.54) is 56.9 Å². The van der Waals surface area contributed by atoms with Crippen LogP contribution in [0.1, 0.15) is 120 Å². The number of benzene rings is 1. The van der Waals surface area contributed by atoms with Crippen LogP contribution >= 0.6 is 0 Å². The second-order valence-electron chi connectivity index (χ2n) is 10.5. The SMILES string of the molecule is CCCCCCCC1(C#N)CCC(OC(=O)c2ccc(-c3ncc(CCCCCC)cn3)cc2)CC1. The van der Waals surface area contributed by atoms with Crippen LogP contribution in [-0.2, 0) is 11.2 Å². The predicted octanol–water partition coefficient (Wildman–Crippen LogP) is 8.24. The summed E-state index contributed by atoms with van der Waals surface area (Å²) in [5.74, 6) is 0.376. The van der Waals surface area contributed by atoms with Crippen LogP contribution in [0.25, 0.3) is 11.4 Å². The molecule has 3 rings (SSSR count). The zero-order valence-corrected chi connectivity index (χ0v) is 22.3. The highest BCUT2D eigenvalue weighted by Crippen LogP contribution is 2.41. The Kier molecular flexibility index (Phi) is 11.4. The average Bonchev–Trinajstić information content (AvgIpc) is 2.92. The molecule has 2 aromatic rings. The van der Waals surface area contributed by atoms with E-state index < -0.39 is 0 Å². The van der Waals surface area contributed by atoms with Crippen molar-refractivity contribution in [1.29, 1.82) is 5.26 Å². The van der Waals surface area contributed by atoms with Crippen molar-refractivity contribution in [2.75, 3.05) is 0 Å². The maximum atomic E-state index is 12.7. The van der Waals surface area contributed by atoms with Crippen LogP contribution in [0.5, 0.6) is 0 Å². The molecular weight excluding hydrogens is 446 g/mol. The van der Waals surface area contributed by atoms with Crippen LogP contribution in [0.4, 0.5) is 0 Å². The van der Waals surface area contributed by atoms with Gasteiger partial charge in [0, 0.05) is 18.0 Å². The Morgan fingerprint density at radius 2 is 1.56 bits per heavy atom. The summed E-state index contributed by atoms with van der Waals surface area (Å²) in [5.41, 5.74) is 2.36. The first-order valence-electron chi connectivity index (χ1n) is 14.1. The number of hydrogen-bond donors (Lipinski definition) is 0. The quantitative estimate of drug-likeness (QED) is 0.197. The first kappa shape index (κ1) is 27.8. The standard InChI is InChI=1S/C31H43N3O2/c1-3-5-7-9-11-19-31(24-32)20-17-28(18-21-31)36-30(35)27-15-13-26(14-16-27)29-33-22-25(23-34-29)12-10-8-6-4-2/h13-16,22-23,28H,3-12,17-21H2,1-2H3. The number of aromatic nitrogens is 2. The molecule has 194 valence electrons. The van der Waals surface area contributed by atoms with Gasteiger partial charge in [-0.1, -0.05) is 77.3 Å². The number of nitriles is 1. The van der Waals surface area contributed by atoms with E-state index in [0.717, 1.165) is 50.5 Å². The van der Waals surface area contributed by atoms with Crippen molar-refractivity contribution >= 4 is 5.97 Å². The first-order valence-corrected chi connectivity index (χ1v) is 14.1. The molecule has 1 fully saturated rings. The van der Waals surface area contributed by atoms with E-state index in [4.69, 9.17) is 4.74 Å². The van der Waals surface area contributed by atoms with E-state index in [-0.39, 0.29) is 17.5 Å². The van der Waals surface area contributed by atoms with E-state index in [9.17, 15) is 10.1 Å². The number of nitrogens with zero attached hydrogens (tertiary/aromatic N) is 3. The topological polar surface area (TPSA) is 75.9 Å². The smallest absolute Gasteiger partial charge is 0.338 e. The van der Waals surface area contributed by atoms with Gasteiger partial charge in [-0.25, -0.2) is 14.8 Å². The maximum absolute atomic E-state index is 12.7. The highest BCUT2D eigenvalue weighted by atomic mass is 16.5. The molecule has 0 radical (unpaired) electrons. The minimum Gasteiger partial charge on any atom is -0.459 e. The lowest BCUT2D eigenvalue weighted by molar-refractivity contribution is 0.0105. The first-order chi connectivity index (χ1) is 17.6. The third kappa shape index (κ3) is 8.43. The molecule has 5 nitrogen and oxygen atoms in total. The number of rotatable bonds is 14. The Morgan fingerprint density at radius 1 is 0.944 bits per heavy atom. The lowest BCUT2D eigenvalue weighted by atomic mass is 9.71. The summed E-state index contributed by atoms with van der Waals surface area (Å²) < 4.78 is 5.81. The lowest BCUT2D eigenvalue weighted by Crippen LogP contribution is -2.31. The van der Waals surface area contributed by atoms with Crippen molar-refractivity contribution in [2.24, 2.45) is 5.41 Å². The Balaban J connectivity index is 1.46. The van der Waals surface area contributed by atoms with Gasteiger partial charge in [-0.15, -0.1) is 0 Å². The van der Waals surface area contributed by atoms with Gasteiger partial charge in [-0.2, -0.15) is 5.26 Å². The summed E-state index contributed by atoms with van der Waals surface area (Å²) in [5, 5.41) is 9.82. The predicted molar refractivity (Wildman–Crippen MR) is 144 cm³/mol. The van der Waals surface area contributed by atoms with Gasteiger partial charge in [0.05, 0.1) is 17.0 Å². The van der Waals surface area contributed by atoms with Crippen LogP contribution in [0.3, 0.4) is 0 Å². The lowest BCUT2D eigenvalue weighted by Gasteiger charge is -2.34. The summed E-state index contributed by atoms with van der Waals surface area (Å²) in [6.07, 6.45) is 19.9. The Hall–Kier alpha value is -2.74. The monoisotopic (exact) mass is 489 g/mol. The maximum Gasteiger partial charge on any atom is 0.338 e. The van der Waals surface area contributed by atoms with Crippen molar-refractivity contribution in [1.82, 2.24) is 9.97 Å². The van der Waals surface area contributed by atoms with E-state index in [2.05, 4.69) is 29.9 Å². The van der Waals surface area contributed by atoms with Gasteiger partial charge in [0.2, 0.25) is 0 Å². The van der Waals surface area contributed by atoms with E-state index >= 15 is 0 Å². The molecule has 0 bridgehead atoms. The van der Waals surface area contributed by atoms with Gasteiger partial charge < -0.3 is 4.74 Å². The van der Waals surface area contributed by atoms with Crippen molar-refractivity contribution in [2.45, 2.75) is 116 Å². The second-order valence-corrected chi connectivity index (χ2v) is 10.5. The van der Waals surface area contributed by atoms with Gasteiger partial charge in [-0.3, -0.25) is 0 Å². The Bertz CT molecular complexity index is 955. The number of aryl methyl sites for hydroxylation is 1. The number of carbonyl (C=O) groups is 1. The zero-order valence-electron chi connectivity index (χ0n) is 22.3. The van der Waals surface area contributed by atoms with Crippen LogP contribution in [-0.4, -0.2) is 22.0 Å². The number of ether oxygens (including phenoxy) is 1. The summed E-state index contributed by atoms with van der Waals surface area (Å²) in [6.45, 7) is 4.44. The van der Waals surface area contributed by atoms with Gasteiger partial charge in [-0.05, 0) is 62.6 Å². The molecule has 1 aliphatic carbocycles. The van der Waals surface area contributed by atoms with Crippen LogP contribution in [0.2, 0.25) is 0 Å². The highest BCUT2D eigenvalue weighted by Gasteiger charge is 2.36. The molecular formula is C31H43N3O2. The average molecular weight is 490 g/mol. The fourth-order valence-electron chi connectivity index (χ4n) is 5.11. The molecule has 1 aromatic heterocycles. The molecule has 1 aliphatic rings. The van der Waals surface area contributed by atoms with Gasteiger partial charge in [0.1, 0.15) is 6.10 Å². The van der Waals surface area contributed by atoms with Crippen molar-refractivity contribution in [3.8, 4) is 17.5 Å². The third-order valence-electron chi connectivity index (χ3n) is 7.56. The molecule has 1 heterocycles.